The monoisotopic (exact) mass is 1010 g/mol. The van der Waals surface area contributed by atoms with E-state index >= 15 is 0 Å². The Hall–Kier alpha value is -8.88. The molecule has 0 spiro atoms. The first-order valence-electron chi connectivity index (χ1n) is 21.2. The number of alkyl halides is 12. The van der Waals surface area contributed by atoms with Gasteiger partial charge in [-0.3, -0.25) is 19.2 Å². The van der Waals surface area contributed by atoms with Crippen LogP contribution >= 0.6 is 0 Å². The summed E-state index contributed by atoms with van der Waals surface area (Å²) in [5.41, 5.74) is -1.21. The molecule has 2 heterocycles. The van der Waals surface area contributed by atoms with Crippen LogP contribution in [0.1, 0.15) is 63.7 Å². The molecule has 4 amide bonds. The minimum Gasteiger partial charge on any atom is -0.456 e. The standard InChI is InChI=1S/C52H26F12N4O5/c53-49(54,55)37-19-23(65)7-11-27(37)29-13-9-25(21-39(29)51(59,60)61)67-45(69)33-5-1-3-31-41(17-15-35(43(31)33)47(67)71)73-42-18-16-36-44-32(42)4-2-6-34(44)46(70)68(48(36)72)26-10-14-30(40(22-26)52(62,63)64)28-12-8-24(66)20-38(28)50(56,57)58/h1-22H,65-66H2. The van der Waals surface area contributed by atoms with E-state index in [0.717, 1.165) is 36.4 Å². The predicted molar refractivity (Wildman–Crippen MR) is 243 cm³/mol. The van der Waals surface area contributed by atoms with Crippen LogP contribution in [-0.4, -0.2) is 23.6 Å². The van der Waals surface area contributed by atoms with Crippen molar-refractivity contribution in [3.63, 3.8) is 0 Å². The van der Waals surface area contributed by atoms with Crippen molar-refractivity contribution >= 4 is 67.9 Å². The van der Waals surface area contributed by atoms with Crippen molar-refractivity contribution in [1.29, 1.82) is 0 Å². The van der Waals surface area contributed by atoms with E-state index in [1.54, 1.807) is 0 Å². The topological polar surface area (TPSA) is 136 Å². The van der Waals surface area contributed by atoms with Crippen molar-refractivity contribution in [3.05, 3.63) is 178 Å². The molecule has 8 aromatic rings. The van der Waals surface area contributed by atoms with Crippen LogP contribution in [0.5, 0.6) is 11.5 Å². The molecule has 0 bridgehead atoms. The van der Waals surface area contributed by atoms with Crippen LogP contribution in [0.4, 0.5) is 75.4 Å². The predicted octanol–water partition coefficient (Wildman–Crippen LogP) is 14.0. The third-order valence-corrected chi connectivity index (χ3v) is 12.4. The minimum absolute atomic E-state index is 0.00678. The summed E-state index contributed by atoms with van der Waals surface area (Å²) in [4.78, 5) is 57.6. The third kappa shape index (κ3) is 7.87. The molecule has 368 valence electrons. The van der Waals surface area contributed by atoms with Crippen LogP contribution < -0.4 is 26.0 Å². The van der Waals surface area contributed by atoms with Crippen molar-refractivity contribution in [2.45, 2.75) is 24.7 Å². The number of carbonyl (C=O) groups excluding carboxylic acids is 4. The molecule has 0 unspecified atom stereocenters. The first-order valence-corrected chi connectivity index (χ1v) is 21.2. The van der Waals surface area contributed by atoms with Gasteiger partial charge in [-0.15, -0.1) is 0 Å². The summed E-state index contributed by atoms with van der Waals surface area (Å²) in [6, 6.07) is 21.8. The third-order valence-electron chi connectivity index (χ3n) is 12.4. The molecule has 0 radical (unpaired) electrons. The lowest BCUT2D eigenvalue weighted by molar-refractivity contribution is -0.139. The van der Waals surface area contributed by atoms with Gasteiger partial charge in [-0.05, 0) is 107 Å². The smallest absolute Gasteiger partial charge is 0.417 e. The van der Waals surface area contributed by atoms with Gasteiger partial charge in [0, 0.05) is 55.2 Å². The number of rotatable bonds is 6. The quantitative estimate of drug-likeness (QED) is 0.0961. The zero-order valence-electron chi connectivity index (χ0n) is 36.3. The Balaban J connectivity index is 0.998. The first kappa shape index (κ1) is 47.8. The Morgan fingerprint density at radius 3 is 0.959 bits per heavy atom. The van der Waals surface area contributed by atoms with E-state index in [0.29, 0.717) is 46.2 Å². The van der Waals surface area contributed by atoms with Gasteiger partial charge in [-0.1, -0.05) is 48.5 Å². The average molecular weight is 1010 g/mol. The van der Waals surface area contributed by atoms with Crippen LogP contribution in [0.25, 0.3) is 43.8 Å². The molecule has 0 atom stereocenters. The van der Waals surface area contributed by atoms with Crippen LogP contribution in [0.3, 0.4) is 0 Å². The molecule has 0 aliphatic carbocycles. The van der Waals surface area contributed by atoms with Gasteiger partial charge >= 0.3 is 24.7 Å². The number of anilines is 4. The number of amides is 4. The molecule has 73 heavy (non-hydrogen) atoms. The zero-order chi connectivity index (χ0) is 52.4. The normalized spacial score (nSPS) is 14.2. The van der Waals surface area contributed by atoms with Crippen molar-refractivity contribution in [3.8, 4) is 33.8 Å². The summed E-state index contributed by atoms with van der Waals surface area (Å²) in [5, 5.41) is 0.286. The first-order chi connectivity index (χ1) is 34.2. The fraction of sp³-hybridized carbons (Fsp3) is 0.0769. The van der Waals surface area contributed by atoms with E-state index in [4.69, 9.17) is 16.2 Å². The number of hydrogen-bond acceptors (Lipinski definition) is 7. The fourth-order valence-electron chi connectivity index (χ4n) is 9.25. The van der Waals surface area contributed by atoms with Crippen molar-refractivity contribution in [2.24, 2.45) is 0 Å². The number of ether oxygens (including phenoxy) is 1. The van der Waals surface area contributed by atoms with Gasteiger partial charge in [0.1, 0.15) is 11.5 Å². The molecule has 8 aromatic carbocycles. The van der Waals surface area contributed by atoms with E-state index in [1.807, 2.05) is 0 Å². The highest BCUT2D eigenvalue weighted by molar-refractivity contribution is 6.37. The number of halogens is 12. The number of benzene rings is 8. The molecule has 10 rings (SSSR count). The molecule has 0 saturated heterocycles. The lowest BCUT2D eigenvalue weighted by Crippen LogP contribution is -2.40. The highest BCUT2D eigenvalue weighted by Gasteiger charge is 2.43. The summed E-state index contributed by atoms with van der Waals surface area (Å²) in [7, 11) is 0. The molecule has 0 saturated carbocycles. The number of imide groups is 2. The van der Waals surface area contributed by atoms with Crippen molar-refractivity contribution < 1.29 is 76.6 Å². The van der Waals surface area contributed by atoms with Crippen LogP contribution in [-0.2, 0) is 24.7 Å². The molecule has 0 fully saturated rings. The van der Waals surface area contributed by atoms with Gasteiger partial charge in [-0.2, -0.15) is 52.7 Å². The Kier molecular flexibility index (Phi) is 10.7. The molecular formula is C52H26F12N4O5. The maximum absolute atomic E-state index is 14.7. The molecular weight excluding hydrogens is 989 g/mol. The van der Waals surface area contributed by atoms with Gasteiger partial charge < -0.3 is 16.2 Å². The van der Waals surface area contributed by atoms with Crippen LogP contribution in [0, 0.1) is 0 Å². The summed E-state index contributed by atoms with van der Waals surface area (Å²) < 4.78 is 179. The highest BCUT2D eigenvalue weighted by Crippen LogP contribution is 2.49. The van der Waals surface area contributed by atoms with E-state index in [1.165, 1.54) is 60.7 Å². The Morgan fingerprint density at radius 1 is 0.342 bits per heavy atom. The van der Waals surface area contributed by atoms with Gasteiger partial charge in [0.25, 0.3) is 23.6 Å². The maximum atomic E-state index is 14.7. The number of carbonyl (C=O) groups is 4. The minimum atomic E-state index is -5.29. The van der Waals surface area contributed by atoms with Gasteiger partial charge in [0.15, 0.2) is 0 Å². The number of nitrogens with two attached hydrogens (primary N) is 2. The Morgan fingerprint density at radius 2 is 0.630 bits per heavy atom. The second kappa shape index (κ2) is 16.3. The summed E-state index contributed by atoms with van der Waals surface area (Å²) in [6.45, 7) is 0. The highest BCUT2D eigenvalue weighted by atomic mass is 19.4. The van der Waals surface area contributed by atoms with E-state index < -0.39 is 104 Å². The molecule has 4 N–H and O–H groups in total. The summed E-state index contributed by atoms with van der Waals surface area (Å²) in [6.07, 6.45) is -20.8. The van der Waals surface area contributed by atoms with E-state index in [-0.39, 0.29) is 66.7 Å². The zero-order valence-corrected chi connectivity index (χ0v) is 36.3. The van der Waals surface area contributed by atoms with Crippen molar-refractivity contribution in [2.75, 3.05) is 21.3 Å². The lowest BCUT2D eigenvalue weighted by Gasteiger charge is -2.29. The second-order valence-corrected chi connectivity index (χ2v) is 16.7. The lowest BCUT2D eigenvalue weighted by atomic mass is 9.91. The SMILES string of the molecule is Nc1ccc(-c2ccc(N3C(=O)c4cccc5c(Oc6ccc7c8c(cccc68)C(=O)N(c6ccc(-c8ccc(N)cc8C(F)(F)F)c(C(F)(F)F)c6)C7=O)ccc(c45)C3=O)cc2C(F)(F)F)c(C(F)(F)F)c1. The molecule has 9 nitrogen and oxygen atoms in total. The molecule has 2 aliphatic heterocycles. The second-order valence-electron chi connectivity index (χ2n) is 16.7. The molecule has 2 aliphatic rings. The van der Waals surface area contributed by atoms with E-state index in [9.17, 15) is 71.9 Å². The summed E-state index contributed by atoms with van der Waals surface area (Å²) in [5.74, 6) is -4.40. The van der Waals surface area contributed by atoms with Gasteiger partial charge in [0.2, 0.25) is 0 Å². The Labute approximate surface area is 401 Å². The number of nitrogen functional groups attached to an aromatic ring is 2. The number of hydrogen-bond donors (Lipinski definition) is 2. The maximum Gasteiger partial charge on any atom is 0.417 e. The van der Waals surface area contributed by atoms with Crippen LogP contribution in [0.15, 0.2) is 133 Å². The van der Waals surface area contributed by atoms with Gasteiger partial charge in [0.05, 0.1) is 33.6 Å². The van der Waals surface area contributed by atoms with Crippen molar-refractivity contribution in [1.82, 2.24) is 0 Å². The van der Waals surface area contributed by atoms with Crippen LogP contribution in [0.2, 0.25) is 0 Å². The number of nitrogens with zero attached hydrogens (tertiary/aromatic N) is 2. The Bertz CT molecular complexity index is 3460. The summed E-state index contributed by atoms with van der Waals surface area (Å²) >= 11 is 0. The molecule has 0 aromatic heterocycles. The average Bonchev–Trinajstić information content (AvgIpc) is 3.32. The van der Waals surface area contributed by atoms with Gasteiger partial charge in [-0.25, -0.2) is 9.80 Å². The molecule has 21 heteroatoms. The van der Waals surface area contributed by atoms with E-state index in [2.05, 4.69) is 0 Å². The largest absolute Gasteiger partial charge is 0.456 e. The fourth-order valence-corrected chi connectivity index (χ4v) is 9.25.